The van der Waals surface area contributed by atoms with Gasteiger partial charge in [0.1, 0.15) is 6.61 Å². The topological polar surface area (TPSA) is 65.1 Å². The average molecular weight is 265 g/mol. The minimum Gasteiger partial charge on any atom is -0.465 e. The van der Waals surface area contributed by atoms with Gasteiger partial charge in [0.25, 0.3) is 0 Å². The molecule has 19 heavy (non-hydrogen) atoms. The fourth-order valence-corrected chi connectivity index (χ4v) is 1.91. The minimum atomic E-state index is -0.421. The summed E-state index contributed by atoms with van der Waals surface area (Å²) in [4.78, 5) is 24.5. The van der Waals surface area contributed by atoms with E-state index in [9.17, 15) is 9.59 Å². The Morgan fingerprint density at radius 1 is 1.47 bits per heavy atom. The summed E-state index contributed by atoms with van der Waals surface area (Å²) in [7, 11) is 2.85. The number of cyclic esters (lactones) is 1. The van der Waals surface area contributed by atoms with Crippen LogP contribution in [0.1, 0.15) is 15.9 Å². The Morgan fingerprint density at radius 3 is 2.95 bits per heavy atom. The smallest absolute Gasteiger partial charge is 0.412 e. The summed E-state index contributed by atoms with van der Waals surface area (Å²) in [6.45, 7) is 0.536. The fraction of sp³-hybridized carbons (Fsp3) is 0.385. The molecule has 1 fully saturated rings. The monoisotopic (exact) mass is 265 g/mol. The van der Waals surface area contributed by atoms with Crippen LogP contribution in [-0.2, 0) is 20.8 Å². The quantitative estimate of drug-likeness (QED) is 0.770. The zero-order chi connectivity index (χ0) is 13.8. The molecule has 0 aliphatic carbocycles. The van der Waals surface area contributed by atoms with Gasteiger partial charge in [0.2, 0.25) is 0 Å². The molecule has 0 N–H and O–H groups in total. The highest BCUT2D eigenvalue weighted by Crippen LogP contribution is 2.17. The molecule has 0 aromatic heterocycles. The summed E-state index contributed by atoms with van der Waals surface area (Å²) < 4.78 is 14.7. The Balaban J connectivity index is 2.14. The van der Waals surface area contributed by atoms with Gasteiger partial charge in [-0.2, -0.15) is 0 Å². The Bertz CT molecular complexity index is 488. The molecule has 1 saturated heterocycles. The van der Waals surface area contributed by atoms with E-state index in [1.807, 2.05) is 6.07 Å². The third-order valence-electron chi connectivity index (χ3n) is 2.90. The second-order valence-electron chi connectivity index (χ2n) is 4.09. The van der Waals surface area contributed by atoms with Gasteiger partial charge in [0.15, 0.2) is 6.23 Å². The number of benzene rings is 1. The molecule has 0 saturated carbocycles. The van der Waals surface area contributed by atoms with Crippen molar-refractivity contribution in [2.45, 2.75) is 12.8 Å². The number of hydrogen-bond donors (Lipinski definition) is 0. The molecule has 6 nitrogen and oxygen atoms in total. The highest BCUT2D eigenvalue weighted by molar-refractivity contribution is 5.89. The summed E-state index contributed by atoms with van der Waals surface area (Å²) in [5.41, 5.74) is 1.25. The van der Waals surface area contributed by atoms with E-state index >= 15 is 0 Å². The van der Waals surface area contributed by atoms with E-state index in [4.69, 9.17) is 9.47 Å². The molecule has 102 valence electrons. The van der Waals surface area contributed by atoms with Crippen LogP contribution in [0.3, 0.4) is 0 Å². The van der Waals surface area contributed by atoms with Crippen LogP contribution < -0.4 is 0 Å². The number of esters is 1. The zero-order valence-corrected chi connectivity index (χ0v) is 10.8. The largest absolute Gasteiger partial charge is 0.465 e. The molecule has 1 amide bonds. The van der Waals surface area contributed by atoms with Gasteiger partial charge in [-0.05, 0) is 17.7 Å². The van der Waals surface area contributed by atoms with Crippen molar-refractivity contribution in [3.63, 3.8) is 0 Å². The Hall–Kier alpha value is -2.08. The van der Waals surface area contributed by atoms with Crippen molar-refractivity contribution in [3.8, 4) is 0 Å². The molecule has 6 heteroatoms. The Morgan fingerprint density at radius 2 is 2.26 bits per heavy atom. The van der Waals surface area contributed by atoms with Crippen molar-refractivity contribution >= 4 is 12.1 Å². The van der Waals surface area contributed by atoms with Gasteiger partial charge in [-0.15, -0.1) is 0 Å². The highest BCUT2D eigenvalue weighted by Gasteiger charge is 2.32. The normalized spacial score (nSPS) is 18.3. The first-order valence-corrected chi connectivity index (χ1v) is 5.79. The van der Waals surface area contributed by atoms with Crippen LogP contribution in [-0.4, -0.2) is 44.0 Å². The molecule has 2 rings (SSSR count). The molecule has 1 atom stereocenters. The van der Waals surface area contributed by atoms with E-state index < -0.39 is 18.3 Å². The molecule has 1 aliphatic rings. The van der Waals surface area contributed by atoms with Crippen LogP contribution in [0.4, 0.5) is 4.79 Å². The SMILES string of the molecule is COC(=O)c1cccc(CN2C(=O)OCC2OC)c1. The number of rotatable bonds is 4. The molecule has 1 heterocycles. The fourth-order valence-electron chi connectivity index (χ4n) is 1.91. The minimum absolute atomic E-state index is 0.214. The number of nitrogens with zero attached hydrogens (tertiary/aromatic N) is 1. The Kier molecular flexibility index (Phi) is 4.01. The first-order chi connectivity index (χ1) is 9.15. The van der Waals surface area contributed by atoms with Gasteiger partial charge in [0.05, 0.1) is 19.2 Å². The predicted octanol–water partition coefficient (Wildman–Crippen LogP) is 1.40. The molecule has 0 radical (unpaired) electrons. The van der Waals surface area contributed by atoms with E-state index in [1.54, 1.807) is 18.2 Å². The van der Waals surface area contributed by atoms with Gasteiger partial charge in [-0.1, -0.05) is 12.1 Å². The van der Waals surface area contributed by atoms with Crippen LogP contribution in [0, 0.1) is 0 Å². The van der Waals surface area contributed by atoms with E-state index in [-0.39, 0.29) is 6.61 Å². The van der Waals surface area contributed by atoms with Crippen molar-refractivity contribution in [2.75, 3.05) is 20.8 Å². The van der Waals surface area contributed by atoms with Crippen molar-refractivity contribution in [1.29, 1.82) is 0 Å². The number of amides is 1. The maximum atomic E-state index is 11.6. The summed E-state index contributed by atoms with van der Waals surface area (Å²) >= 11 is 0. The summed E-state index contributed by atoms with van der Waals surface area (Å²) in [6.07, 6.45) is -0.815. The second-order valence-corrected chi connectivity index (χ2v) is 4.09. The van der Waals surface area contributed by atoms with E-state index in [1.165, 1.54) is 19.1 Å². The molecule has 0 spiro atoms. The number of methoxy groups -OCH3 is 2. The molecule has 1 aromatic carbocycles. The molecule has 1 unspecified atom stereocenters. The van der Waals surface area contributed by atoms with Crippen molar-refractivity contribution < 1.29 is 23.8 Å². The van der Waals surface area contributed by atoms with E-state index in [0.29, 0.717) is 12.1 Å². The lowest BCUT2D eigenvalue weighted by molar-refractivity contribution is 0.0103. The van der Waals surface area contributed by atoms with Gasteiger partial charge in [-0.25, -0.2) is 9.59 Å². The van der Waals surface area contributed by atoms with E-state index in [2.05, 4.69) is 4.74 Å². The zero-order valence-electron chi connectivity index (χ0n) is 10.8. The number of carbonyl (C=O) groups is 2. The van der Waals surface area contributed by atoms with Gasteiger partial charge < -0.3 is 14.2 Å². The molecule has 0 bridgehead atoms. The van der Waals surface area contributed by atoms with Crippen LogP contribution in [0.25, 0.3) is 0 Å². The lowest BCUT2D eigenvalue weighted by Crippen LogP contribution is -2.34. The van der Waals surface area contributed by atoms with Crippen molar-refractivity contribution in [1.82, 2.24) is 4.90 Å². The van der Waals surface area contributed by atoms with E-state index in [0.717, 1.165) is 5.56 Å². The van der Waals surface area contributed by atoms with Crippen LogP contribution in [0.15, 0.2) is 24.3 Å². The van der Waals surface area contributed by atoms with Crippen LogP contribution >= 0.6 is 0 Å². The third-order valence-corrected chi connectivity index (χ3v) is 2.90. The van der Waals surface area contributed by atoms with Crippen molar-refractivity contribution in [3.05, 3.63) is 35.4 Å². The lowest BCUT2D eigenvalue weighted by Gasteiger charge is -2.19. The maximum Gasteiger partial charge on any atom is 0.412 e. The van der Waals surface area contributed by atoms with Crippen molar-refractivity contribution in [2.24, 2.45) is 0 Å². The number of ether oxygens (including phenoxy) is 3. The van der Waals surface area contributed by atoms with Crippen LogP contribution in [0.2, 0.25) is 0 Å². The second kappa shape index (κ2) is 5.71. The lowest BCUT2D eigenvalue weighted by atomic mass is 10.1. The van der Waals surface area contributed by atoms with Gasteiger partial charge in [0, 0.05) is 7.11 Å². The summed E-state index contributed by atoms with van der Waals surface area (Å²) in [5.74, 6) is -0.408. The maximum absolute atomic E-state index is 11.6. The average Bonchev–Trinajstić information content (AvgIpc) is 2.79. The van der Waals surface area contributed by atoms with Gasteiger partial charge >= 0.3 is 12.1 Å². The molecule has 1 aliphatic heterocycles. The molecular weight excluding hydrogens is 250 g/mol. The number of carbonyl (C=O) groups excluding carboxylic acids is 2. The Labute approximate surface area is 110 Å². The van der Waals surface area contributed by atoms with Crippen LogP contribution in [0.5, 0.6) is 0 Å². The van der Waals surface area contributed by atoms with Gasteiger partial charge in [-0.3, -0.25) is 4.90 Å². The standard InChI is InChI=1S/C13H15NO5/c1-17-11-8-19-13(16)14(11)7-9-4-3-5-10(6-9)12(15)18-2/h3-6,11H,7-8H2,1-2H3. The number of hydrogen-bond acceptors (Lipinski definition) is 5. The third kappa shape index (κ3) is 2.85. The molecule has 1 aromatic rings. The first-order valence-electron chi connectivity index (χ1n) is 5.79. The summed E-state index contributed by atoms with van der Waals surface area (Å²) in [6, 6.07) is 6.91. The highest BCUT2D eigenvalue weighted by atomic mass is 16.6. The summed E-state index contributed by atoms with van der Waals surface area (Å²) in [5, 5.41) is 0. The predicted molar refractivity (Wildman–Crippen MR) is 65.5 cm³/mol. The molecular formula is C13H15NO5. The first kappa shape index (κ1) is 13.4.